The van der Waals surface area contributed by atoms with Gasteiger partial charge in [0.25, 0.3) is 0 Å². The number of piperidine rings is 1. The van der Waals surface area contributed by atoms with Crippen molar-refractivity contribution in [1.82, 2.24) is 15.3 Å². The van der Waals surface area contributed by atoms with Crippen LogP contribution in [0.1, 0.15) is 49.4 Å². The first-order valence-corrected chi connectivity index (χ1v) is 11.3. The Balaban J connectivity index is 1.33. The second-order valence-electron chi connectivity index (χ2n) is 8.71. The molecular formula is C25H29N3O3. The van der Waals surface area contributed by atoms with E-state index in [9.17, 15) is 4.79 Å². The van der Waals surface area contributed by atoms with Crippen LogP contribution in [-0.4, -0.2) is 35.6 Å². The summed E-state index contributed by atoms with van der Waals surface area (Å²) in [5.74, 6) is 2.69. The quantitative estimate of drug-likeness (QED) is 0.623. The molecule has 1 aliphatic heterocycles. The Morgan fingerprint density at radius 3 is 2.74 bits per heavy atom. The number of aromatic amines is 1. The number of nitrogens with one attached hydrogen (secondary N) is 2. The van der Waals surface area contributed by atoms with Crippen LogP contribution in [0.4, 0.5) is 0 Å². The topological polar surface area (TPSA) is 76.2 Å². The maximum Gasteiger partial charge on any atom is 0.223 e. The summed E-state index contributed by atoms with van der Waals surface area (Å²) < 4.78 is 11.8. The third-order valence-electron chi connectivity index (χ3n) is 6.60. The van der Waals surface area contributed by atoms with Crippen molar-refractivity contribution in [2.24, 2.45) is 5.92 Å². The highest BCUT2D eigenvalue weighted by molar-refractivity contribution is 5.80. The molecule has 1 aromatic heterocycles. The number of nitrogens with zero attached hydrogens (tertiary/aromatic N) is 1. The predicted octanol–water partition coefficient (Wildman–Crippen LogP) is 4.36. The van der Waals surface area contributed by atoms with E-state index in [2.05, 4.69) is 27.4 Å². The molecule has 0 radical (unpaired) electrons. The van der Waals surface area contributed by atoms with Crippen LogP contribution >= 0.6 is 0 Å². The predicted molar refractivity (Wildman–Crippen MR) is 120 cm³/mol. The number of aromatic nitrogens is 2. The summed E-state index contributed by atoms with van der Waals surface area (Å²) >= 11 is 0. The number of para-hydroxylation sites is 2. The Kier molecular flexibility index (Phi) is 5.53. The number of H-pyrrole nitrogens is 1. The summed E-state index contributed by atoms with van der Waals surface area (Å²) in [5.41, 5.74) is 3.13. The first kappa shape index (κ1) is 19.9. The number of benzene rings is 2. The zero-order valence-electron chi connectivity index (χ0n) is 17.9. The third-order valence-corrected chi connectivity index (χ3v) is 6.60. The number of carbonyl (C=O) groups excluding carboxylic acids is 1. The summed E-state index contributed by atoms with van der Waals surface area (Å²) in [7, 11) is 1.68. The molecule has 2 atom stereocenters. The molecule has 1 aliphatic carbocycles. The molecule has 1 saturated carbocycles. The van der Waals surface area contributed by atoms with Gasteiger partial charge in [0.05, 0.1) is 24.2 Å². The zero-order chi connectivity index (χ0) is 21.2. The van der Waals surface area contributed by atoms with Crippen LogP contribution in [0.3, 0.4) is 0 Å². The molecule has 3 aromatic rings. The fourth-order valence-electron chi connectivity index (χ4n) is 4.89. The molecule has 6 heteroatoms. The Hall–Kier alpha value is -3.02. The Morgan fingerprint density at radius 2 is 1.94 bits per heavy atom. The summed E-state index contributed by atoms with van der Waals surface area (Å²) in [4.78, 5) is 20.6. The number of hydrogen-bond donors (Lipinski definition) is 2. The van der Waals surface area contributed by atoms with E-state index in [4.69, 9.17) is 9.47 Å². The van der Waals surface area contributed by atoms with Crippen LogP contribution in [0.2, 0.25) is 0 Å². The van der Waals surface area contributed by atoms with Crippen LogP contribution in [0.15, 0.2) is 42.5 Å². The number of fused-ring (bicyclic) bond motifs is 1. The molecule has 31 heavy (non-hydrogen) atoms. The number of ether oxygens (including phenoxy) is 2. The summed E-state index contributed by atoms with van der Waals surface area (Å²) in [6, 6.07) is 14.2. The van der Waals surface area contributed by atoms with Gasteiger partial charge in [-0.2, -0.15) is 0 Å². The van der Waals surface area contributed by atoms with E-state index in [-0.39, 0.29) is 23.8 Å². The average Bonchev–Trinajstić information content (AvgIpc) is 3.44. The van der Waals surface area contributed by atoms with Gasteiger partial charge in [0.1, 0.15) is 5.82 Å². The highest BCUT2D eigenvalue weighted by Gasteiger charge is 2.31. The zero-order valence-corrected chi connectivity index (χ0v) is 17.9. The van der Waals surface area contributed by atoms with Crippen molar-refractivity contribution in [2.75, 3.05) is 13.7 Å². The van der Waals surface area contributed by atoms with E-state index < -0.39 is 0 Å². The van der Waals surface area contributed by atoms with Crippen LogP contribution in [0.25, 0.3) is 11.0 Å². The van der Waals surface area contributed by atoms with Crippen molar-refractivity contribution < 1.29 is 14.3 Å². The number of carbonyl (C=O) groups is 1. The lowest BCUT2D eigenvalue weighted by Gasteiger charge is -2.29. The number of hydrogen-bond acceptors (Lipinski definition) is 4. The number of imidazole rings is 1. The van der Waals surface area contributed by atoms with Gasteiger partial charge in [0.15, 0.2) is 11.5 Å². The second kappa shape index (κ2) is 8.61. The van der Waals surface area contributed by atoms with Gasteiger partial charge in [-0.15, -0.1) is 0 Å². The second-order valence-corrected chi connectivity index (χ2v) is 8.71. The maximum absolute atomic E-state index is 12.6. The van der Waals surface area contributed by atoms with E-state index in [1.165, 1.54) is 18.4 Å². The highest BCUT2D eigenvalue weighted by atomic mass is 16.5. The molecule has 2 heterocycles. The van der Waals surface area contributed by atoms with E-state index in [0.717, 1.165) is 47.6 Å². The molecule has 2 aromatic carbocycles. The standard InChI is InChI=1S/C25H29N3O3/c1-30-22-11-10-16(13-23(22)31-19-6-2-3-7-19)18-12-17(25(29)26-15-18)14-24-27-20-8-4-5-9-21(20)28-24/h4-5,8-11,13,17-19H,2-3,6-7,12,14-15H2,1H3,(H,26,29)(H,27,28)/t17-,18+/m0/s1. The normalized spacial score (nSPS) is 21.9. The van der Waals surface area contributed by atoms with Crippen LogP contribution < -0.4 is 14.8 Å². The lowest BCUT2D eigenvalue weighted by Crippen LogP contribution is -2.41. The lowest BCUT2D eigenvalue weighted by molar-refractivity contribution is -0.127. The molecule has 0 spiro atoms. The number of amides is 1. The SMILES string of the molecule is COc1ccc([C@H]2CNC(=O)[C@H](Cc3nc4ccccc4[nH]3)C2)cc1OC1CCCC1. The van der Waals surface area contributed by atoms with E-state index in [0.29, 0.717) is 13.0 Å². The van der Waals surface area contributed by atoms with Gasteiger partial charge in [-0.1, -0.05) is 18.2 Å². The van der Waals surface area contributed by atoms with Crippen molar-refractivity contribution in [2.45, 2.75) is 50.5 Å². The van der Waals surface area contributed by atoms with Gasteiger partial charge < -0.3 is 19.8 Å². The number of rotatable bonds is 6. The van der Waals surface area contributed by atoms with Crippen molar-refractivity contribution in [3.05, 3.63) is 53.9 Å². The molecule has 162 valence electrons. The average molecular weight is 420 g/mol. The molecule has 5 rings (SSSR count). The van der Waals surface area contributed by atoms with Gasteiger partial charge in [0.2, 0.25) is 5.91 Å². The van der Waals surface area contributed by atoms with Gasteiger partial charge in [-0.05, 0) is 61.9 Å². The molecule has 2 aliphatic rings. The summed E-state index contributed by atoms with van der Waals surface area (Å²) in [6.07, 6.45) is 6.33. The molecule has 6 nitrogen and oxygen atoms in total. The molecular weight excluding hydrogens is 390 g/mol. The van der Waals surface area contributed by atoms with E-state index in [1.807, 2.05) is 30.3 Å². The van der Waals surface area contributed by atoms with Gasteiger partial charge in [-0.3, -0.25) is 4.79 Å². The summed E-state index contributed by atoms with van der Waals surface area (Å²) in [5, 5.41) is 3.10. The fraction of sp³-hybridized carbons (Fsp3) is 0.440. The molecule has 0 bridgehead atoms. The van der Waals surface area contributed by atoms with Gasteiger partial charge >= 0.3 is 0 Å². The summed E-state index contributed by atoms with van der Waals surface area (Å²) in [6.45, 7) is 0.644. The Labute approximate surface area is 182 Å². The van der Waals surface area contributed by atoms with Gasteiger partial charge in [-0.25, -0.2) is 4.98 Å². The van der Waals surface area contributed by atoms with Crippen molar-refractivity contribution in [3.8, 4) is 11.5 Å². The molecule has 0 unspecified atom stereocenters. The third kappa shape index (κ3) is 4.24. The van der Waals surface area contributed by atoms with Crippen LogP contribution in [0.5, 0.6) is 11.5 Å². The molecule has 1 amide bonds. The van der Waals surface area contributed by atoms with E-state index >= 15 is 0 Å². The largest absolute Gasteiger partial charge is 0.493 e. The highest BCUT2D eigenvalue weighted by Crippen LogP contribution is 2.37. The monoisotopic (exact) mass is 419 g/mol. The first-order valence-electron chi connectivity index (χ1n) is 11.3. The maximum atomic E-state index is 12.6. The Bertz CT molecular complexity index is 1040. The number of methoxy groups -OCH3 is 1. The molecule has 2 fully saturated rings. The fourth-order valence-corrected chi connectivity index (χ4v) is 4.89. The smallest absolute Gasteiger partial charge is 0.223 e. The van der Waals surface area contributed by atoms with Crippen molar-refractivity contribution in [3.63, 3.8) is 0 Å². The van der Waals surface area contributed by atoms with E-state index in [1.54, 1.807) is 7.11 Å². The molecule has 2 N–H and O–H groups in total. The minimum Gasteiger partial charge on any atom is -0.493 e. The van der Waals surface area contributed by atoms with Crippen molar-refractivity contribution >= 4 is 16.9 Å². The molecule has 1 saturated heterocycles. The van der Waals surface area contributed by atoms with Crippen molar-refractivity contribution in [1.29, 1.82) is 0 Å². The minimum atomic E-state index is -0.111. The minimum absolute atomic E-state index is 0.104. The van der Waals surface area contributed by atoms with Crippen LogP contribution in [0, 0.1) is 5.92 Å². The lowest BCUT2D eigenvalue weighted by atomic mass is 9.83. The van der Waals surface area contributed by atoms with Gasteiger partial charge in [0, 0.05) is 24.8 Å². The van der Waals surface area contributed by atoms with Crippen LogP contribution in [-0.2, 0) is 11.2 Å². The Morgan fingerprint density at radius 1 is 1.10 bits per heavy atom. The first-order chi connectivity index (χ1) is 15.2.